The lowest BCUT2D eigenvalue weighted by atomic mass is 10.1. The maximum atomic E-state index is 11.8. The van der Waals surface area contributed by atoms with Crippen molar-refractivity contribution in [1.29, 1.82) is 0 Å². The van der Waals surface area contributed by atoms with E-state index in [0.717, 1.165) is 37.4 Å². The lowest BCUT2D eigenvalue weighted by Gasteiger charge is -2.33. The first-order valence-electron chi connectivity index (χ1n) is 8.05. The van der Waals surface area contributed by atoms with Gasteiger partial charge >= 0.3 is 0 Å². The molecular weight excluding hydrogens is 294 g/mol. The van der Waals surface area contributed by atoms with Crippen LogP contribution in [-0.4, -0.2) is 64.7 Å². The molecule has 0 aliphatic carbocycles. The number of benzene rings is 1. The number of amides is 1. The van der Waals surface area contributed by atoms with Crippen molar-refractivity contribution in [3.8, 4) is 0 Å². The number of Topliss-reactive ketones (excluding diaryl/α,β-unsaturated/α-hetero) is 1. The van der Waals surface area contributed by atoms with Gasteiger partial charge < -0.3 is 19.9 Å². The number of carbonyl (C=O) groups excluding carboxylic acids is 2. The van der Waals surface area contributed by atoms with Crippen LogP contribution in [0.15, 0.2) is 24.3 Å². The van der Waals surface area contributed by atoms with Crippen LogP contribution < -0.4 is 15.1 Å². The molecule has 23 heavy (non-hydrogen) atoms. The quantitative estimate of drug-likeness (QED) is 0.518. The van der Waals surface area contributed by atoms with Gasteiger partial charge in [0.05, 0.1) is 32.8 Å². The van der Waals surface area contributed by atoms with Crippen molar-refractivity contribution in [3.05, 3.63) is 29.8 Å². The predicted octanol–water partition coefficient (Wildman–Crippen LogP) is -0.643. The lowest BCUT2D eigenvalue weighted by molar-refractivity contribution is -0.892. The molecule has 126 valence electrons. The number of rotatable bonds is 7. The largest absolute Gasteiger partial charge is 0.383 e. The summed E-state index contributed by atoms with van der Waals surface area (Å²) in [5.41, 5.74) is 1.88. The summed E-state index contributed by atoms with van der Waals surface area (Å²) in [5, 5.41) is 2.86. The number of hydrogen-bond donors (Lipinski definition) is 2. The van der Waals surface area contributed by atoms with Gasteiger partial charge in [0.1, 0.15) is 0 Å². The zero-order valence-electron chi connectivity index (χ0n) is 13.9. The van der Waals surface area contributed by atoms with Crippen molar-refractivity contribution < 1.29 is 19.2 Å². The van der Waals surface area contributed by atoms with Crippen molar-refractivity contribution in [2.45, 2.75) is 6.92 Å². The monoisotopic (exact) mass is 320 g/mol. The molecule has 1 heterocycles. The van der Waals surface area contributed by atoms with Gasteiger partial charge in [0.15, 0.2) is 12.3 Å². The number of ketones is 1. The molecular formula is C17H26N3O3+. The molecule has 0 spiro atoms. The maximum absolute atomic E-state index is 11.8. The van der Waals surface area contributed by atoms with Gasteiger partial charge in [0.2, 0.25) is 0 Å². The van der Waals surface area contributed by atoms with Crippen LogP contribution in [0.2, 0.25) is 0 Å². The summed E-state index contributed by atoms with van der Waals surface area (Å²) in [6.07, 6.45) is 0. The summed E-state index contributed by atoms with van der Waals surface area (Å²) in [6.45, 7) is 6.91. The second-order valence-corrected chi connectivity index (χ2v) is 5.86. The number of carbonyl (C=O) groups is 2. The van der Waals surface area contributed by atoms with Crippen LogP contribution in [0.3, 0.4) is 0 Å². The Labute approximate surface area is 137 Å². The van der Waals surface area contributed by atoms with Crippen molar-refractivity contribution in [2.75, 3.05) is 57.9 Å². The summed E-state index contributed by atoms with van der Waals surface area (Å²) in [7, 11) is 1.62. The van der Waals surface area contributed by atoms with Crippen molar-refractivity contribution in [1.82, 2.24) is 5.32 Å². The maximum Gasteiger partial charge on any atom is 0.275 e. The van der Waals surface area contributed by atoms with Crippen LogP contribution in [0.4, 0.5) is 5.69 Å². The third-order valence-electron chi connectivity index (χ3n) is 4.15. The topological polar surface area (TPSA) is 63.1 Å². The third-order valence-corrected chi connectivity index (χ3v) is 4.15. The van der Waals surface area contributed by atoms with E-state index in [0.29, 0.717) is 19.7 Å². The number of nitrogens with one attached hydrogen (secondary N) is 2. The van der Waals surface area contributed by atoms with E-state index < -0.39 is 0 Å². The molecule has 0 aromatic heterocycles. The van der Waals surface area contributed by atoms with E-state index in [-0.39, 0.29) is 11.7 Å². The minimum absolute atomic E-state index is 0.0799. The Morgan fingerprint density at radius 1 is 1.22 bits per heavy atom. The molecule has 1 aliphatic rings. The molecule has 1 aliphatic heterocycles. The molecule has 2 rings (SSSR count). The molecule has 0 saturated carbocycles. The van der Waals surface area contributed by atoms with E-state index in [4.69, 9.17) is 4.74 Å². The van der Waals surface area contributed by atoms with Crippen LogP contribution in [-0.2, 0) is 9.53 Å². The van der Waals surface area contributed by atoms with E-state index >= 15 is 0 Å². The van der Waals surface area contributed by atoms with E-state index in [9.17, 15) is 9.59 Å². The van der Waals surface area contributed by atoms with Crippen molar-refractivity contribution in [2.24, 2.45) is 0 Å². The first kappa shape index (κ1) is 17.4. The molecule has 1 saturated heterocycles. The Morgan fingerprint density at radius 2 is 1.87 bits per heavy atom. The molecule has 0 bridgehead atoms. The lowest BCUT2D eigenvalue weighted by Crippen LogP contribution is -3.16. The SMILES string of the molecule is COCCNC(=O)C[NH+]1CCN(c2ccc(C(C)=O)cc2)CC1. The number of piperazine rings is 1. The summed E-state index contributed by atoms with van der Waals surface area (Å²) in [6, 6.07) is 7.75. The van der Waals surface area contributed by atoms with Crippen molar-refractivity contribution in [3.63, 3.8) is 0 Å². The first-order chi connectivity index (χ1) is 11.1. The zero-order chi connectivity index (χ0) is 16.7. The summed E-state index contributed by atoms with van der Waals surface area (Å²) in [5.74, 6) is 0.168. The second-order valence-electron chi connectivity index (χ2n) is 5.86. The number of quaternary nitrogens is 1. The Hall–Kier alpha value is -1.92. The molecule has 2 N–H and O–H groups in total. The molecule has 0 unspecified atom stereocenters. The number of nitrogens with zero attached hydrogens (tertiary/aromatic N) is 1. The number of methoxy groups -OCH3 is 1. The van der Waals surface area contributed by atoms with Crippen LogP contribution in [0.5, 0.6) is 0 Å². The number of hydrogen-bond acceptors (Lipinski definition) is 4. The fourth-order valence-electron chi connectivity index (χ4n) is 2.75. The van der Waals surface area contributed by atoms with Crippen LogP contribution in [0, 0.1) is 0 Å². The molecule has 6 heteroatoms. The van der Waals surface area contributed by atoms with Crippen LogP contribution >= 0.6 is 0 Å². The Morgan fingerprint density at radius 3 is 2.43 bits per heavy atom. The smallest absolute Gasteiger partial charge is 0.275 e. The molecule has 1 aromatic rings. The molecule has 1 aromatic carbocycles. The standard InChI is InChI=1S/C17H25N3O3/c1-14(21)15-3-5-16(6-4-15)20-10-8-19(9-11-20)13-17(22)18-7-12-23-2/h3-6H,7-13H2,1-2H3,(H,18,22)/p+1. The minimum Gasteiger partial charge on any atom is -0.383 e. The number of anilines is 1. The predicted molar refractivity (Wildman–Crippen MR) is 89.1 cm³/mol. The molecule has 0 radical (unpaired) electrons. The van der Waals surface area contributed by atoms with E-state index in [1.165, 1.54) is 4.90 Å². The highest BCUT2D eigenvalue weighted by atomic mass is 16.5. The normalized spacial score (nSPS) is 15.5. The fourth-order valence-corrected chi connectivity index (χ4v) is 2.75. The van der Waals surface area contributed by atoms with Gasteiger partial charge in [-0.25, -0.2) is 0 Å². The van der Waals surface area contributed by atoms with Crippen LogP contribution in [0.25, 0.3) is 0 Å². The third kappa shape index (κ3) is 5.33. The van der Waals surface area contributed by atoms with Crippen LogP contribution in [0.1, 0.15) is 17.3 Å². The summed E-state index contributed by atoms with van der Waals surface area (Å²) >= 11 is 0. The van der Waals surface area contributed by atoms with Gasteiger partial charge in [-0.2, -0.15) is 0 Å². The highest BCUT2D eigenvalue weighted by Gasteiger charge is 2.22. The van der Waals surface area contributed by atoms with Gasteiger partial charge in [-0.1, -0.05) is 0 Å². The Bertz CT molecular complexity index is 522. The first-order valence-corrected chi connectivity index (χ1v) is 8.05. The average molecular weight is 320 g/mol. The fraction of sp³-hybridized carbons (Fsp3) is 0.529. The van der Waals surface area contributed by atoms with Crippen molar-refractivity contribution >= 4 is 17.4 Å². The molecule has 6 nitrogen and oxygen atoms in total. The Balaban J connectivity index is 1.77. The van der Waals surface area contributed by atoms with E-state index in [1.807, 2.05) is 24.3 Å². The second kappa shape index (κ2) is 8.64. The van der Waals surface area contributed by atoms with E-state index in [1.54, 1.807) is 14.0 Å². The van der Waals surface area contributed by atoms with E-state index in [2.05, 4.69) is 10.2 Å². The highest BCUT2D eigenvalue weighted by molar-refractivity contribution is 5.94. The number of ether oxygens (including phenoxy) is 1. The molecule has 1 fully saturated rings. The average Bonchev–Trinajstić information content (AvgIpc) is 2.56. The summed E-state index contributed by atoms with van der Waals surface area (Å²) < 4.78 is 4.92. The minimum atomic E-state index is 0.0799. The zero-order valence-corrected chi connectivity index (χ0v) is 13.9. The highest BCUT2D eigenvalue weighted by Crippen LogP contribution is 2.15. The molecule has 1 amide bonds. The summed E-state index contributed by atoms with van der Waals surface area (Å²) in [4.78, 5) is 26.7. The van der Waals surface area contributed by atoms with Gasteiger partial charge in [-0.15, -0.1) is 0 Å². The van der Waals surface area contributed by atoms with Gasteiger partial charge in [0, 0.05) is 24.9 Å². The van der Waals surface area contributed by atoms with Gasteiger partial charge in [0.25, 0.3) is 5.91 Å². The molecule has 0 atom stereocenters. The van der Waals surface area contributed by atoms with Gasteiger partial charge in [-0.3, -0.25) is 9.59 Å². The Kier molecular flexibility index (Phi) is 6.55. The van der Waals surface area contributed by atoms with Gasteiger partial charge in [-0.05, 0) is 31.2 Å².